The van der Waals surface area contributed by atoms with Crippen LogP contribution in [0, 0.1) is 6.92 Å². The number of nitrogens with one attached hydrogen (secondary N) is 4. The molecule has 3 aromatic rings. The van der Waals surface area contributed by atoms with Crippen LogP contribution in [0.3, 0.4) is 0 Å². The molecule has 3 aromatic carbocycles. The van der Waals surface area contributed by atoms with Crippen molar-refractivity contribution < 1.29 is 22.8 Å². The van der Waals surface area contributed by atoms with Crippen molar-refractivity contribution in [3.05, 3.63) is 77.9 Å². The number of fused-ring (bicyclic) bond motifs is 1. The summed E-state index contributed by atoms with van der Waals surface area (Å²) in [5.41, 5.74) is 1.37. The summed E-state index contributed by atoms with van der Waals surface area (Å²) in [7, 11) is -3.98. The van der Waals surface area contributed by atoms with Crippen molar-refractivity contribution in [3.8, 4) is 0 Å². The van der Waals surface area contributed by atoms with Crippen LogP contribution < -0.4 is 20.7 Å². The Balaban J connectivity index is 1.59. The topological polar surface area (TPSA) is 133 Å². The second kappa shape index (κ2) is 13.7. The van der Waals surface area contributed by atoms with E-state index in [9.17, 15) is 22.8 Å². The van der Waals surface area contributed by atoms with Crippen molar-refractivity contribution in [2.75, 3.05) is 0 Å². The Bertz CT molecular complexity index is 1480. The fourth-order valence-corrected chi connectivity index (χ4v) is 5.69. The normalized spacial score (nSPS) is 13.3. The zero-order chi connectivity index (χ0) is 30.2. The van der Waals surface area contributed by atoms with E-state index in [-0.39, 0.29) is 36.0 Å². The molecule has 10 heteroatoms. The van der Waals surface area contributed by atoms with Gasteiger partial charge in [-0.1, -0.05) is 60.2 Å². The summed E-state index contributed by atoms with van der Waals surface area (Å²) in [5.74, 6) is -1.09. The number of carbonyl (C=O) groups is 3. The van der Waals surface area contributed by atoms with Gasteiger partial charge in [-0.2, -0.15) is 0 Å². The highest BCUT2D eigenvalue weighted by Gasteiger charge is 2.26. The lowest BCUT2D eigenvalue weighted by Crippen LogP contribution is -2.47. The van der Waals surface area contributed by atoms with Gasteiger partial charge >= 0.3 is 0 Å². The molecule has 0 fully saturated rings. The lowest BCUT2D eigenvalue weighted by atomic mass is 10.0. The molecule has 0 aromatic heterocycles. The Morgan fingerprint density at radius 1 is 0.805 bits per heavy atom. The highest BCUT2D eigenvalue weighted by molar-refractivity contribution is 7.89. The van der Waals surface area contributed by atoms with Gasteiger partial charge in [0.05, 0.1) is 4.90 Å². The summed E-state index contributed by atoms with van der Waals surface area (Å²) >= 11 is 0. The Labute approximate surface area is 242 Å². The summed E-state index contributed by atoms with van der Waals surface area (Å²) in [4.78, 5) is 38.2. The molecule has 0 saturated carbocycles. The highest BCUT2D eigenvalue weighted by atomic mass is 32.2. The summed E-state index contributed by atoms with van der Waals surface area (Å²) in [5, 5.41) is 10.6. The minimum absolute atomic E-state index is 0.0424. The molecular formula is C31H40N4O5S. The minimum Gasteiger partial charge on any atom is -0.353 e. The molecule has 3 amide bonds. The van der Waals surface area contributed by atoms with Gasteiger partial charge in [-0.15, -0.1) is 0 Å². The van der Waals surface area contributed by atoms with Gasteiger partial charge in [0, 0.05) is 43.4 Å². The third-order valence-electron chi connectivity index (χ3n) is 6.29. The maximum atomic E-state index is 13.0. The molecule has 0 aliphatic rings. The second-order valence-electron chi connectivity index (χ2n) is 11.4. The maximum Gasteiger partial charge on any atom is 0.240 e. The highest BCUT2D eigenvalue weighted by Crippen LogP contribution is 2.18. The van der Waals surface area contributed by atoms with Crippen LogP contribution in [0.25, 0.3) is 10.8 Å². The molecule has 0 unspecified atom stereocenters. The van der Waals surface area contributed by atoms with Gasteiger partial charge < -0.3 is 16.0 Å². The van der Waals surface area contributed by atoms with Crippen LogP contribution in [-0.2, 0) is 31.0 Å². The molecule has 3 rings (SSSR count). The van der Waals surface area contributed by atoms with Crippen LogP contribution in [0.2, 0.25) is 0 Å². The zero-order valence-electron chi connectivity index (χ0n) is 24.3. The fourth-order valence-electron chi connectivity index (χ4n) is 4.45. The Morgan fingerprint density at radius 3 is 2.12 bits per heavy atom. The monoisotopic (exact) mass is 580 g/mol. The predicted molar refractivity (Wildman–Crippen MR) is 160 cm³/mol. The number of hydrogen-bond acceptors (Lipinski definition) is 5. The van der Waals surface area contributed by atoms with E-state index >= 15 is 0 Å². The lowest BCUT2D eigenvalue weighted by Gasteiger charge is -2.24. The van der Waals surface area contributed by atoms with E-state index in [0.717, 1.165) is 21.9 Å². The van der Waals surface area contributed by atoms with Crippen molar-refractivity contribution in [1.29, 1.82) is 0 Å². The maximum absolute atomic E-state index is 13.0. The van der Waals surface area contributed by atoms with Crippen molar-refractivity contribution in [3.63, 3.8) is 0 Å². The van der Waals surface area contributed by atoms with Gasteiger partial charge in [-0.25, -0.2) is 13.1 Å². The van der Waals surface area contributed by atoms with E-state index in [1.54, 1.807) is 19.1 Å². The number of carbonyl (C=O) groups excluding carboxylic acids is 3. The molecule has 220 valence electrons. The molecule has 0 bridgehead atoms. The molecule has 0 saturated heterocycles. The number of amides is 3. The summed E-state index contributed by atoms with van der Waals surface area (Å²) in [6.45, 7) is 9.35. The Morgan fingerprint density at radius 2 is 1.44 bits per heavy atom. The molecule has 2 atom stereocenters. The van der Waals surface area contributed by atoms with Crippen molar-refractivity contribution in [2.45, 2.75) is 82.9 Å². The first kappa shape index (κ1) is 31.8. The van der Waals surface area contributed by atoms with E-state index in [0.29, 0.717) is 6.54 Å². The minimum atomic E-state index is -3.98. The first-order valence-electron chi connectivity index (χ1n) is 13.6. The summed E-state index contributed by atoms with van der Waals surface area (Å²) < 4.78 is 28.5. The Kier molecular flexibility index (Phi) is 10.6. The van der Waals surface area contributed by atoms with Crippen molar-refractivity contribution in [1.82, 2.24) is 20.7 Å². The lowest BCUT2D eigenvalue weighted by molar-refractivity contribution is -0.124. The Hall–Kier alpha value is -3.76. The predicted octanol–water partition coefficient (Wildman–Crippen LogP) is 3.70. The first-order valence-corrected chi connectivity index (χ1v) is 15.1. The third-order valence-corrected chi connectivity index (χ3v) is 7.82. The number of sulfonamides is 1. The van der Waals surface area contributed by atoms with Crippen LogP contribution in [0.15, 0.2) is 71.6 Å². The fraction of sp³-hybridized carbons (Fsp3) is 0.387. The average molecular weight is 581 g/mol. The van der Waals surface area contributed by atoms with E-state index in [4.69, 9.17) is 0 Å². The standard InChI is InChI=1S/C31H40N4O5S/c1-21-13-15-26(16-14-21)41(39,40)35-25(19-30(38)34-31(3,4)5)18-29(37)33-22(2)17-28(36)32-20-24-11-8-10-23-9-6-7-12-27(23)24/h6-16,22,25,35H,17-20H2,1-5H3,(H,32,36)(H,33,37)(H,34,38)/t22-,25+/m0/s1. The van der Waals surface area contributed by atoms with E-state index in [1.165, 1.54) is 12.1 Å². The average Bonchev–Trinajstić information content (AvgIpc) is 2.86. The molecule has 0 spiro atoms. The van der Waals surface area contributed by atoms with Crippen LogP contribution in [-0.4, -0.2) is 43.8 Å². The first-order chi connectivity index (χ1) is 19.2. The summed E-state index contributed by atoms with van der Waals surface area (Å²) in [6, 6.07) is 18.7. The van der Waals surface area contributed by atoms with E-state index in [1.807, 2.05) is 70.2 Å². The van der Waals surface area contributed by atoms with Crippen LogP contribution in [0.4, 0.5) is 0 Å². The van der Waals surface area contributed by atoms with Gasteiger partial charge in [0.1, 0.15) is 0 Å². The molecule has 0 aliphatic carbocycles. The second-order valence-corrected chi connectivity index (χ2v) is 13.1. The van der Waals surface area contributed by atoms with Gasteiger partial charge in [-0.3, -0.25) is 14.4 Å². The van der Waals surface area contributed by atoms with Gasteiger partial charge in [0.15, 0.2) is 0 Å². The van der Waals surface area contributed by atoms with Gasteiger partial charge in [-0.05, 0) is 63.1 Å². The largest absolute Gasteiger partial charge is 0.353 e. The molecular weight excluding hydrogens is 540 g/mol. The van der Waals surface area contributed by atoms with E-state index in [2.05, 4.69) is 20.7 Å². The zero-order valence-corrected chi connectivity index (χ0v) is 25.1. The smallest absolute Gasteiger partial charge is 0.240 e. The van der Waals surface area contributed by atoms with Crippen LogP contribution >= 0.6 is 0 Å². The van der Waals surface area contributed by atoms with Crippen LogP contribution in [0.5, 0.6) is 0 Å². The molecule has 0 aliphatic heterocycles. The van der Waals surface area contributed by atoms with E-state index < -0.39 is 33.6 Å². The number of rotatable bonds is 12. The summed E-state index contributed by atoms with van der Waals surface area (Å²) in [6.07, 6.45) is -0.457. The molecule has 9 nitrogen and oxygen atoms in total. The number of benzene rings is 3. The number of aryl methyl sites for hydroxylation is 1. The molecule has 0 radical (unpaired) electrons. The van der Waals surface area contributed by atoms with Gasteiger partial charge in [0.25, 0.3) is 0 Å². The molecule has 41 heavy (non-hydrogen) atoms. The van der Waals surface area contributed by atoms with Crippen LogP contribution in [0.1, 0.15) is 58.1 Å². The van der Waals surface area contributed by atoms with Crippen molar-refractivity contribution >= 4 is 38.5 Å². The molecule has 0 heterocycles. The quantitative estimate of drug-likeness (QED) is 0.259. The van der Waals surface area contributed by atoms with Crippen molar-refractivity contribution in [2.24, 2.45) is 0 Å². The third kappa shape index (κ3) is 10.3. The SMILES string of the molecule is Cc1ccc(S(=O)(=O)N[C@H](CC(=O)N[C@@H](C)CC(=O)NCc2cccc3ccccc23)CC(=O)NC(C)(C)C)cc1. The van der Waals surface area contributed by atoms with Gasteiger partial charge in [0.2, 0.25) is 27.7 Å². The molecule has 4 N–H and O–H groups in total. The number of hydrogen-bond donors (Lipinski definition) is 4.